The van der Waals surface area contributed by atoms with Crippen LogP contribution in [0.2, 0.25) is 0 Å². The lowest BCUT2D eigenvalue weighted by atomic mass is 9.85. The average molecular weight is 463 g/mol. The van der Waals surface area contributed by atoms with Gasteiger partial charge in [-0.2, -0.15) is 0 Å². The first kappa shape index (κ1) is 23.2. The summed E-state index contributed by atoms with van der Waals surface area (Å²) in [6.07, 6.45) is 9.22. The highest BCUT2D eigenvalue weighted by Gasteiger charge is 2.36. The number of ketones is 1. The van der Waals surface area contributed by atoms with Gasteiger partial charge in [0.2, 0.25) is 5.91 Å². The van der Waals surface area contributed by atoms with Crippen LogP contribution in [-0.4, -0.2) is 42.3 Å². The van der Waals surface area contributed by atoms with Crippen molar-refractivity contribution in [3.05, 3.63) is 65.5 Å². The second-order valence-corrected chi connectivity index (χ2v) is 10.3. The number of aryl methyl sites for hydroxylation is 1. The number of carbonyl (C=O) groups is 2. The van der Waals surface area contributed by atoms with Crippen LogP contribution in [0.25, 0.3) is 0 Å². The summed E-state index contributed by atoms with van der Waals surface area (Å²) in [6.45, 7) is 2.59. The number of amides is 1. The second kappa shape index (κ2) is 10.4. The van der Waals surface area contributed by atoms with Crippen molar-refractivity contribution in [3.63, 3.8) is 0 Å². The van der Waals surface area contributed by atoms with Gasteiger partial charge in [-0.05, 0) is 87.5 Å². The molecule has 1 amide bonds. The number of fused-ring (bicyclic) bond motifs is 1. The van der Waals surface area contributed by atoms with Gasteiger partial charge in [0.1, 0.15) is 5.82 Å². The van der Waals surface area contributed by atoms with Gasteiger partial charge in [-0.15, -0.1) is 0 Å². The van der Waals surface area contributed by atoms with E-state index in [-0.39, 0.29) is 29.5 Å². The maximum atomic E-state index is 13.7. The number of Topliss-reactive ketones (excluding diaryl/α,β-unsaturated/α-hetero) is 1. The molecule has 0 N–H and O–H groups in total. The smallest absolute Gasteiger partial charge is 0.230 e. The molecule has 0 bridgehead atoms. The number of halogens is 1. The summed E-state index contributed by atoms with van der Waals surface area (Å²) in [4.78, 5) is 31.2. The Morgan fingerprint density at radius 3 is 2.26 bits per heavy atom. The van der Waals surface area contributed by atoms with Gasteiger partial charge in [0.15, 0.2) is 5.78 Å². The molecule has 0 aromatic heterocycles. The monoisotopic (exact) mass is 462 g/mol. The molecule has 1 atom stereocenters. The molecular formula is C29H35FN2O2. The lowest BCUT2D eigenvalue weighted by molar-refractivity contribution is -0.124. The standard InChI is InChI=1S/C29H35FN2O2/c30-25-13-10-22(11-14-25)28(33)23-16-18-31(19-17-23)20-26-15-12-21-6-4-5-9-27(21)32(26)29(34)24-7-2-1-3-8-24/h4-6,9-11,13-14,23-24,26H,1-3,7-8,12,15-20H2. The molecule has 4 nitrogen and oxygen atoms in total. The number of para-hydroxylation sites is 1. The van der Waals surface area contributed by atoms with Gasteiger partial charge >= 0.3 is 0 Å². The quantitative estimate of drug-likeness (QED) is 0.539. The maximum Gasteiger partial charge on any atom is 0.230 e. The number of hydrogen-bond acceptors (Lipinski definition) is 3. The third-order valence-electron chi connectivity index (χ3n) is 8.11. The molecule has 2 aromatic rings. The van der Waals surface area contributed by atoms with Gasteiger partial charge in [-0.3, -0.25) is 9.59 Å². The molecule has 34 heavy (non-hydrogen) atoms. The molecular weight excluding hydrogens is 427 g/mol. The number of piperidine rings is 1. The van der Waals surface area contributed by atoms with Crippen LogP contribution in [0.3, 0.4) is 0 Å². The number of anilines is 1. The summed E-state index contributed by atoms with van der Waals surface area (Å²) in [5.41, 5.74) is 3.00. The van der Waals surface area contributed by atoms with Crippen LogP contribution < -0.4 is 4.90 Å². The van der Waals surface area contributed by atoms with E-state index in [4.69, 9.17) is 0 Å². The van der Waals surface area contributed by atoms with Crippen molar-refractivity contribution < 1.29 is 14.0 Å². The fraction of sp³-hybridized carbons (Fsp3) is 0.517. The minimum Gasteiger partial charge on any atom is -0.308 e. The Hall–Kier alpha value is -2.53. The van der Waals surface area contributed by atoms with Crippen LogP contribution in [0.15, 0.2) is 48.5 Å². The van der Waals surface area contributed by atoms with Crippen molar-refractivity contribution in [2.75, 3.05) is 24.5 Å². The van der Waals surface area contributed by atoms with Gasteiger partial charge in [0.25, 0.3) is 0 Å². The Balaban J connectivity index is 1.25. The van der Waals surface area contributed by atoms with E-state index in [9.17, 15) is 14.0 Å². The van der Waals surface area contributed by atoms with E-state index in [1.54, 1.807) is 12.1 Å². The van der Waals surface area contributed by atoms with Gasteiger partial charge in [-0.25, -0.2) is 4.39 Å². The van der Waals surface area contributed by atoms with Crippen molar-refractivity contribution in [1.82, 2.24) is 4.90 Å². The molecule has 0 radical (unpaired) electrons. The van der Waals surface area contributed by atoms with Crippen molar-refractivity contribution in [1.29, 1.82) is 0 Å². The zero-order valence-corrected chi connectivity index (χ0v) is 19.9. The third-order valence-corrected chi connectivity index (χ3v) is 8.11. The molecule has 1 unspecified atom stereocenters. The zero-order chi connectivity index (χ0) is 23.5. The van der Waals surface area contributed by atoms with Crippen LogP contribution in [0.4, 0.5) is 10.1 Å². The normalized spacial score (nSPS) is 22.4. The van der Waals surface area contributed by atoms with E-state index in [1.807, 2.05) is 0 Å². The SMILES string of the molecule is O=C(c1ccc(F)cc1)C1CCN(CC2CCc3ccccc3N2C(=O)C2CCCCC2)CC1. The Kier molecular flexibility index (Phi) is 7.10. The number of hydrogen-bond donors (Lipinski definition) is 0. The van der Waals surface area contributed by atoms with Crippen molar-refractivity contribution in [3.8, 4) is 0 Å². The van der Waals surface area contributed by atoms with Crippen molar-refractivity contribution in [2.45, 2.75) is 63.8 Å². The lowest BCUT2D eigenvalue weighted by Gasteiger charge is -2.43. The summed E-state index contributed by atoms with van der Waals surface area (Å²) < 4.78 is 13.2. The van der Waals surface area contributed by atoms with Crippen LogP contribution in [-0.2, 0) is 11.2 Å². The fourth-order valence-electron chi connectivity index (χ4n) is 6.15. The number of benzene rings is 2. The highest BCUT2D eigenvalue weighted by Crippen LogP contribution is 2.35. The van der Waals surface area contributed by atoms with Gasteiger partial charge in [-0.1, -0.05) is 37.5 Å². The molecule has 1 saturated heterocycles. The Morgan fingerprint density at radius 1 is 0.824 bits per heavy atom. The van der Waals surface area contributed by atoms with E-state index in [0.29, 0.717) is 11.5 Å². The van der Waals surface area contributed by atoms with Crippen LogP contribution >= 0.6 is 0 Å². The summed E-state index contributed by atoms with van der Waals surface area (Å²) in [6, 6.07) is 14.5. The first-order valence-electron chi connectivity index (χ1n) is 13.0. The fourth-order valence-corrected chi connectivity index (χ4v) is 6.15. The molecule has 2 aromatic carbocycles. The van der Waals surface area contributed by atoms with Gasteiger partial charge in [0.05, 0.1) is 0 Å². The molecule has 5 heteroatoms. The highest BCUT2D eigenvalue weighted by molar-refractivity contribution is 5.98. The summed E-state index contributed by atoms with van der Waals surface area (Å²) in [7, 11) is 0. The Morgan fingerprint density at radius 2 is 1.53 bits per heavy atom. The van der Waals surface area contributed by atoms with E-state index in [2.05, 4.69) is 34.1 Å². The largest absolute Gasteiger partial charge is 0.308 e. The number of carbonyl (C=O) groups excluding carboxylic acids is 2. The Labute approximate surface area is 202 Å². The zero-order valence-electron chi connectivity index (χ0n) is 19.9. The van der Waals surface area contributed by atoms with Crippen LogP contribution in [0.1, 0.15) is 67.3 Å². The predicted octanol–water partition coefficient (Wildman–Crippen LogP) is 5.65. The molecule has 0 spiro atoms. The van der Waals surface area contributed by atoms with Gasteiger partial charge < -0.3 is 9.80 Å². The molecule has 180 valence electrons. The average Bonchev–Trinajstić information content (AvgIpc) is 2.89. The molecule has 1 aliphatic carbocycles. The number of nitrogens with zero attached hydrogens (tertiary/aromatic N) is 2. The van der Waals surface area contributed by atoms with Crippen molar-refractivity contribution in [2.24, 2.45) is 11.8 Å². The highest BCUT2D eigenvalue weighted by atomic mass is 19.1. The van der Waals surface area contributed by atoms with Crippen molar-refractivity contribution >= 4 is 17.4 Å². The Bertz CT molecular complexity index is 1010. The van der Waals surface area contributed by atoms with E-state index >= 15 is 0 Å². The minimum absolute atomic E-state index is 0.00577. The summed E-state index contributed by atoms with van der Waals surface area (Å²) in [5.74, 6) is 0.279. The second-order valence-electron chi connectivity index (χ2n) is 10.3. The minimum atomic E-state index is -0.312. The van der Waals surface area contributed by atoms with Crippen LogP contribution in [0.5, 0.6) is 0 Å². The summed E-state index contributed by atoms with van der Waals surface area (Å²) in [5, 5.41) is 0. The third kappa shape index (κ3) is 4.95. The number of rotatable bonds is 5. The topological polar surface area (TPSA) is 40.6 Å². The van der Waals surface area contributed by atoms with E-state index < -0.39 is 0 Å². The van der Waals surface area contributed by atoms with Gasteiger partial charge in [0, 0.05) is 35.7 Å². The molecule has 5 rings (SSSR count). The first-order chi connectivity index (χ1) is 16.6. The van der Waals surface area contributed by atoms with E-state index in [0.717, 1.165) is 76.7 Å². The molecule has 1 saturated carbocycles. The summed E-state index contributed by atoms with van der Waals surface area (Å²) >= 11 is 0. The lowest BCUT2D eigenvalue weighted by Crippen LogP contribution is -2.53. The number of likely N-dealkylation sites (tertiary alicyclic amines) is 1. The predicted molar refractivity (Wildman–Crippen MR) is 133 cm³/mol. The van der Waals surface area contributed by atoms with Crippen LogP contribution in [0, 0.1) is 17.7 Å². The molecule has 2 aliphatic heterocycles. The molecule has 3 aliphatic rings. The molecule has 2 fully saturated rings. The first-order valence-corrected chi connectivity index (χ1v) is 13.0. The molecule has 2 heterocycles. The van der Waals surface area contributed by atoms with E-state index in [1.165, 1.54) is 24.1 Å². The maximum absolute atomic E-state index is 13.7.